The van der Waals surface area contributed by atoms with Gasteiger partial charge in [0.1, 0.15) is 0 Å². The molecule has 0 aromatic rings. The molecule has 1 aliphatic heterocycles. The Labute approximate surface area is 75.8 Å². The minimum atomic E-state index is -0.922. The van der Waals surface area contributed by atoms with Gasteiger partial charge in [-0.25, -0.2) is 4.79 Å². The fraction of sp³-hybridized carbons (Fsp3) is 0.111. The van der Waals surface area contributed by atoms with Crippen molar-refractivity contribution in [2.24, 2.45) is 0 Å². The number of carboxylic acid groups (broad SMARTS) is 1. The quantitative estimate of drug-likeness (QED) is 0.474. The highest BCUT2D eigenvalue weighted by Gasteiger charge is 2.36. The summed E-state index contributed by atoms with van der Waals surface area (Å²) >= 11 is 0. The van der Waals surface area contributed by atoms with Gasteiger partial charge in [-0.1, -0.05) is 0 Å². The van der Waals surface area contributed by atoms with Crippen LogP contribution in [0.25, 0.3) is 0 Å². The lowest BCUT2D eigenvalue weighted by molar-refractivity contribution is -0.138. The molecule has 0 saturated carbocycles. The molecule has 0 radical (unpaired) electrons. The Hall–Kier alpha value is -1.68. The molecule has 4 nitrogen and oxygen atoms in total. The number of hydrogen-bond donors (Lipinski definition) is 2. The Morgan fingerprint density at radius 3 is 2.77 bits per heavy atom. The smallest absolute Gasteiger partial charge is 0.342 e. The van der Waals surface area contributed by atoms with Crippen LogP contribution in [0.2, 0.25) is 0 Å². The van der Waals surface area contributed by atoms with Crippen LogP contribution in [0.5, 0.6) is 0 Å². The lowest BCUT2D eigenvalue weighted by Gasteiger charge is -2.05. The molecule has 0 amide bonds. The SMILES string of the molecule is O=C(O)C1O/C1=C1\C=CC=C[CH-]1.[NH4+]. The van der Waals surface area contributed by atoms with Gasteiger partial charge in [0, 0.05) is 0 Å². The van der Waals surface area contributed by atoms with Crippen molar-refractivity contribution in [1.82, 2.24) is 6.15 Å². The molecule has 1 heterocycles. The molecule has 13 heavy (non-hydrogen) atoms. The number of allylic oxidation sites excluding steroid dienone is 5. The van der Waals surface area contributed by atoms with E-state index in [1.54, 1.807) is 0 Å². The Bertz CT molecular complexity index is 315. The fourth-order valence-corrected chi connectivity index (χ4v) is 1.08. The highest BCUT2D eigenvalue weighted by atomic mass is 16.6. The molecule has 0 aromatic carbocycles. The molecule has 5 N–H and O–H groups in total. The lowest BCUT2D eigenvalue weighted by Crippen LogP contribution is -2.03. The highest BCUT2D eigenvalue weighted by molar-refractivity contribution is 5.80. The van der Waals surface area contributed by atoms with Crippen LogP contribution in [0.15, 0.2) is 35.6 Å². The summed E-state index contributed by atoms with van der Waals surface area (Å²) in [5.41, 5.74) is 0.852. The number of aliphatic carboxylic acids is 1. The zero-order valence-corrected chi connectivity index (χ0v) is 7.23. The monoisotopic (exact) mass is 181 g/mol. The van der Waals surface area contributed by atoms with E-state index in [4.69, 9.17) is 9.84 Å². The van der Waals surface area contributed by atoms with Gasteiger partial charge in [-0.2, -0.15) is 0 Å². The Balaban J connectivity index is 0.000000845. The third-order valence-corrected chi connectivity index (χ3v) is 1.71. The van der Waals surface area contributed by atoms with E-state index in [0.29, 0.717) is 5.76 Å². The molecule has 70 valence electrons. The van der Waals surface area contributed by atoms with Crippen LogP contribution in [-0.4, -0.2) is 17.2 Å². The van der Waals surface area contributed by atoms with Crippen LogP contribution in [0, 0.1) is 6.42 Å². The van der Waals surface area contributed by atoms with E-state index < -0.39 is 12.1 Å². The Morgan fingerprint density at radius 2 is 2.31 bits per heavy atom. The van der Waals surface area contributed by atoms with Gasteiger partial charge in [0.05, 0.1) is 5.76 Å². The largest absolute Gasteiger partial charge is 0.523 e. The summed E-state index contributed by atoms with van der Waals surface area (Å²) in [6.45, 7) is 0. The van der Waals surface area contributed by atoms with E-state index in [-0.39, 0.29) is 6.15 Å². The number of epoxide rings is 1. The van der Waals surface area contributed by atoms with Crippen molar-refractivity contribution >= 4 is 5.97 Å². The van der Waals surface area contributed by atoms with Gasteiger partial charge >= 0.3 is 5.97 Å². The summed E-state index contributed by atoms with van der Waals surface area (Å²) < 4.78 is 4.88. The number of rotatable bonds is 1. The van der Waals surface area contributed by atoms with E-state index >= 15 is 0 Å². The van der Waals surface area contributed by atoms with Crippen LogP contribution < -0.4 is 6.15 Å². The first-order valence-corrected chi connectivity index (χ1v) is 3.61. The second-order valence-electron chi connectivity index (χ2n) is 2.57. The van der Waals surface area contributed by atoms with Crippen LogP contribution >= 0.6 is 0 Å². The summed E-state index contributed by atoms with van der Waals surface area (Å²) in [5, 5.41) is 8.54. The third-order valence-electron chi connectivity index (χ3n) is 1.71. The Morgan fingerprint density at radius 1 is 1.54 bits per heavy atom. The van der Waals surface area contributed by atoms with Crippen LogP contribution in [0.1, 0.15) is 0 Å². The van der Waals surface area contributed by atoms with Gasteiger partial charge < -0.3 is 16.0 Å². The second-order valence-corrected chi connectivity index (χ2v) is 2.57. The zero-order chi connectivity index (χ0) is 8.55. The molecule has 1 atom stereocenters. The van der Waals surface area contributed by atoms with Crippen molar-refractivity contribution in [1.29, 1.82) is 0 Å². The first-order chi connectivity index (χ1) is 5.79. The van der Waals surface area contributed by atoms with Crippen molar-refractivity contribution in [3.8, 4) is 0 Å². The van der Waals surface area contributed by atoms with E-state index in [0.717, 1.165) is 5.57 Å². The average molecular weight is 181 g/mol. The first kappa shape index (κ1) is 9.41. The maximum atomic E-state index is 10.4. The molecular formula is C9H11NO3. The minimum Gasteiger partial charge on any atom is -0.523 e. The molecule has 1 aliphatic carbocycles. The van der Waals surface area contributed by atoms with Crippen molar-refractivity contribution in [2.75, 3.05) is 0 Å². The van der Waals surface area contributed by atoms with Gasteiger partial charge in [0.15, 0.2) is 0 Å². The van der Waals surface area contributed by atoms with Gasteiger partial charge in [-0.05, 0) is 0 Å². The predicted molar refractivity (Wildman–Crippen MR) is 48.1 cm³/mol. The van der Waals surface area contributed by atoms with E-state index in [1.807, 2.05) is 30.7 Å². The van der Waals surface area contributed by atoms with E-state index in [9.17, 15) is 4.79 Å². The van der Waals surface area contributed by atoms with Crippen LogP contribution in [-0.2, 0) is 9.53 Å². The van der Waals surface area contributed by atoms with Gasteiger partial charge in [0.2, 0.25) is 6.10 Å². The van der Waals surface area contributed by atoms with Crippen molar-refractivity contribution in [3.63, 3.8) is 0 Å². The van der Waals surface area contributed by atoms with E-state index in [2.05, 4.69) is 0 Å². The summed E-state index contributed by atoms with van der Waals surface area (Å²) in [5.74, 6) is -0.364. The standard InChI is InChI=1S/C9H7O3.H3N/c10-9(11)8-7(12-8)6-4-2-1-3-5-6;/h1-5,8H,(H,10,11);1H3/q-1;/p+1. The Kier molecular flexibility index (Phi) is 2.44. The van der Waals surface area contributed by atoms with Gasteiger partial charge in [0.25, 0.3) is 0 Å². The minimum absolute atomic E-state index is 0. The van der Waals surface area contributed by atoms with Gasteiger partial charge in [-0.15, -0.1) is 36.3 Å². The first-order valence-electron chi connectivity index (χ1n) is 3.61. The van der Waals surface area contributed by atoms with Crippen LogP contribution in [0.3, 0.4) is 0 Å². The summed E-state index contributed by atoms with van der Waals surface area (Å²) in [6, 6.07) is 0. The molecule has 1 saturated heterocycles. The number of carbonyl (C=O) groups is 1. The van der Waals surface area contributed by atoms with Crippen molar-refractivity contribution < 1.29 is 14.6 Å². The molecule has 2 rings (SSSR count). The average Bonchev–Trinajstić information content (AvgIpc) is 2.84. The maximum absolute atomic E-state index is 10.4. The van der Waals surface area contributed by atoms with E-state index in [1.165, 1.54) is 0 Å². The summed E-state index contributed by atoms with van der Waals surface area (Å²) in [4.78, 5) is 10.4. The van der Waals surface area contributed by atoms with Crippen molar-refractivity contribution in [2.45, 2.75) is 6.10 Å². The number of carboxylic acids is 1. The molecular weight excluding hydrogens is 170 g/mol. The number of quaternary nitrogens is 1. The number of hydrogen-bond acceptors (Lipinski definition) is 2. The maximum Gasteiger partial charge on any atom is 0.342 e. The third kappa shape index (κ3) is 1.73. The number of ether oxygens (including phenoxy) is 1. The van der Waals surface area contributed by atoms with Crippen molar-refractivity contribution in [3.05, 3.63) is 42.1 Å². The predicted octanol–water partition coefficient (Wildman–Crippen LogP) is 1.43. The topological polar surface area (TPSA) is 86.3 Å². The zero-order valence-electron chi connectivity index (χ0n) is 7.23. The summed E-state index contributed by atoms with van der Waals surface area (Å²) in [7, 11) is 0. The molecule has 0 spiro atoms. The second kappa shape index (κ2) is 3.37. The molecule has 1 fully saturated rings. The van der Waals surface area contributed by atoms with Crippen LogP contribution in [0.4, 0.5) is 0 Å². The normalized spacial score (nSPS) is 28.5. The molecule has 0 aromatic heterocycles. The molecule has 0 bridgehead atoms. The highest BCUT2D eigenvalue weighted by Crippen LogP contribution is 2.33. The fourth-order valence-electron chi connectivity index (χ4n) is 1.08. The molecule has 2 aliphatic rings. The molecule has 4 heteroatoms. The lowest BCUT2D eigenvalue weighted by atomic mass is 10.1. The van der Waals surface area contributed by atoms with Gasteiger partial charge in [-0.3, -0.25) is 0 Å². The summed E-state index contributed by atoms with van der Waals surface area (Å²) in [6.07, 6.45) is 8.53. The molecule has 1 unspecified atom stereocenters.